The summed E-state index contributed by atoms with van der Waals surface area (Å²) >= 11 is 5.49. The molecule has 1 aliphatic rings. The number of rotatable bonds is 5. The highest BCUT2D eigenvalue weighted by molar-refractivity contribution is 9.10. The molecule has 0 radical (unpaired) electrons. The highest BCUT2D eigenvalue weighted by atomic mass is 79.9. The topological polar surface area (TPSA) is 37.3 Å². The van der Waals surface area contributed by atoms with Gasteiger partial charge < -0.3 is 5.11 Å². The number of halogens is 1. The molecular formula is C14H17BrO2S. The van der Waals surface area contributed by atoms with E-state index < -0.39 is 11.4 Å². The molecule has 2 nitrogen and oxygen atoms in total. The number of carboxylic acid groups (broad SMARTS) is 1. The average Bonchev–Trinajstić information content (AvgIpc) is 3.05. The van der Waals surface area contributed by atoms with Gasteiger partial charge in [-0.25, -0.2) is 0 Å². The zero-order valence-corrected chi connectivity index (χ0v) is 13.0. The molecule has 1 fully saturated rings. The monoisotopic (exact) mass is 328 g/mol. The van der Waals surface area contributed by atoms with Crippen molar-refractivity contribution in [2.75, 3.05) is 0 Å². The molecule has 0 aromatic heterocycles. The van der Waals surface area contributed by atoms with Crippen LogP contribution >= 0.6 is 27.7 Å². The van der Waals surface area contributed by atoms with Crippen molar-refractivity contribution >= 4 is 33.7 Å². The van der Waals surface area contributed by atoms with E-state index in [2.05, 4.69) is 28.1 Å². The third-order valence-corrected chi connectivity index (χ3v) is 5.37. The minimum atomic E-state index is -0.755. The Labute approximate surface area is 120 Å². The molecular weight excluding hydrogens is 312 g/mol. The molecule has 0 amide bonds. The lowest BCUT2D eigenvalue weighted by molar-refractivity contribution is -0.146. The largest absolute Gasteiger partial charge is 0.481 e. The number of aliphatic carboxylic acids is 1. The summed E-state index contributed by atoms with van der Waals surface area (Å²) in [5.74, 6) is -0.755. The summed E-state index contributed by atoms with van der Waals surface area (Å²) in [4.78, 5) is 12.4. The van der Waals surface area contributed by atoms with E-state index in [1.165, 1.54) is 17.7 Å². The second-order valence-corrected chi connectivity index (χ2v) is 7.64. The van der Waals surface area contributed by atoms with Gasteiger partial charge in [-0.2, -0.15) is 0 Å². The lowest BCUT2D eigenvalue weighted by Gasteiger charge is -2.19. The van der Waals surface area contributed by atoms with Crippen LogP contribution in [0.5, 0.6) is 0 Å². The minimum absolute atomic E-state index is 0.551. The quantitative estimate of drug-likeness (QED) is 0.872. The Balaban J connectivity index is 2.10. The summed E-state index contributed by atoms with van der Waals surface area (Å²) in [6.45, 7) is 3.52. The van der Waals surface area contributed by atoms with Crippen molar-refractivity contribution in [3.63, 3.8) is 0 Å². The number of carboxylic acids is 1. The van der Waals surface area contributed by atoms with E-state index in [-0.39, 0.29) is 0 Å². The van der Waals surface area contributed by atoms with Gasteiger partial charge in [0.1, 0.15) is 0 Å². The third-order valence-electron chi connectivity index (χ3n) is 3.04. The molecule has 98 valence electrons. The maximum Gasteiger partial charge on any atom is 0.309 e. The Kier molecular flexibility index (Phi) is 4.07. The van der Waals surface area contributed by atoms with Crippen LogP contribution in [0.3, 0.4) is 0 Å². The van der Waals surface area contributed by atoms with Crippen LogP contribution in [0.25, 0.3) is 0 Å². The summed E-state index contributed by atoms with van der Waals surface area (Å²) in [5.41, 5.74) is 0.347. The van der Waals surface area contributed by atoms with Crippen LogP contribution in [0.1, 0.15) is 32.3 Å². The number of hydrogen-bond acceptors (Lipinski definition) is 2. The molecule has 1 N–H and O–H groups in total. The van der Waals surface area contributed by atoms with E-state index in [0.717, 1.165) is 15.3 Å². The molecule has 0 saturated heterocycles. The van der Waals surface area contributed by atoms with Gasteiger partial charge in [0, 0.05) is 14.6 Å². The van der Waals surface area contributed by atoms with Crippen LogP contribution in [0.2, 0.25) is 0 Å². The molecule has 0 atom stereocenters. The molecule has 0 heterocycles. The van der Waals surface area contributed by atoms with Crippen molar-refractivity contribution in [1.82, 2.24) is 0 Å². The number of benzene rings is 1. The van der Waals surface area contributed by atoms with Crippen LogP contribution in [-0.2, 0) is 11.2 Å². The molecule has 18 heavy (non-hydrogen) atoms. The molecule has 0 aliphatic heterocycles. The van der Waals surface area contributed by atoms with E-state index in [1.807, 2.05) is 17.8 Å². The lowest BCUT2D eigenvalue weighted by atomic mass is 9.86. The zero-order chi connectivity index (χ0) is 13.3. The Morgan fingerprint density at radius 3 is 2.67 bits per heavy atom. The van der Waals surface area contributed by atoms with Gasteiger partial charge in [-0.1, -0.05) is 6.07 Å². The first-order valence-electron chi connectivity index (χ1n) is 6.07. The lowest BCUT2D eigenvalue weighted by Crippen LogP contribution is -2.26. The molecule has 1 aromatic carbocycles. The van der Waals surface area contributed by atoms with Crippen molar-refractivity contribution in [1.29, 1.82) is 0 Å². The van der Waals surface area contributed by atoms with Gasteiger partial charge in [0.05, 0.1) is 5.41 Å². The summed E-state index contributed by atoms with van der Waals surface area (Å²) < 4.78 is 1.08. The van der Waals surface area contributed by atoms with Crippen molar-refractivity contribution in [3.8, 4) is 0 Å². The maximum atomic E-state index is 11.1. The Bertz CT molecular complexity index is 467. The van der Waals surface area contributed by atoms with Gasteiger partial charge in [0.25, 0.3) is 0 Å². The smallest absolute Gasteiger partial charge is 0.309 e. The van der Waals surface area contributed by atoms with E-state index in [4.69, 9.17) is 5.11 Å². The fourth-order valence-electron chi connectivity index (χ4n) is 1.70. The number of carbonyl (C=O) groups is 1. The van der Waals surface area contributed by atoms with E-state index in [9.17, 15) is 4.79 Å². The van der Waals surface area contributed by atoms with Gasteiger partial charge in [0.2, 0.25) is 0 Å². The predicted molar refractivity (Wildman–Crippen MR) is 78.1 cm³/mol. The van der Waals surface area contributed by atoms with Crippen LogP contribution in [0.4, 0.5) is 0 Å². The van der Waals surface area contributed by atoms with E-state index in [0.29, 0.717) is 6.42 Å². The molecule has 4 heteroatoms. The summed E-state index contributed by atoms with van der Waals surface area (Å²) in [6.07, 6.45) is 3.17. The average molecular weight is 329 g/mol. The van der Waals surface area contributed by atoms with Crippen molar-refractivity contribution in [3.05, 3.63) is 28.2 Å². The Morgan fingerprint density at radius 1 is 1.50 bits per heavy atom. The van der Waals surface area contributed by atoms with Crippen LogP contribution in [0.15, 0.2) is 27.6 Å². The fraction of sp³-hybridized carbons (Fsp3) is 0.500. The summed E-state index contributed by atoms with van der Waals surface area (Å²) in [5, 5.41) is 9.92. The van der Waals surface area contributed by atoms with Crippen LogP contribution in [0, 0.1) is 5.41 Å². The van der Waals surface area contributed by atoms with Gasteiger partial charge in [-0.3, -0.25) is 4.79 Å². The number of thioether (sulfide) groups is 1. The first-order valence-corrected chi connectivity index (χ1v) is 7.74. The maximum absolute atomic E-state index is 11.1. The van der Waals surface area contributed by atoms with Gasteiger partial charge in [-0.15, -0.1) is 11.8 Å². The Hall–Kier alpha value is -0.480. The first-order chi connectivity index (χ1) is 8.38. The second kappa shape index (κ2) is 5.25. The van der Waals surface area contributed by atoms with Crippen LogP contribution in [-0.4, -0.2) is 16.3 Å². The normalized spacial score (nSPS) is 15.7. The van der Waals surface area contributed by atoms with Crippen molar-refractivity contribution < 1.29 is 9.90 Å². The van der Waals surface area contributed by atoms with Crippen LogP contribution < -0.4 is 0 Å². The Morgan fingerprint density at radius 2 is 2.17 bits per heavy atom. The molecule has 0 unspecified atom stereocenters. The first kappa shape index (κ1) is 13.9. The molecule has 1 aliphatic carbocycles. The SMILES string of the molecule is CC(C)(Cc1ccc(SC2CC2)c(Br)c1)C(=O)O. The molecule has 1 aromatic rings. The minimum Gasteiger partial charge on any atom is -0.481 e. The predicted octanol–water partition coefficient (Wildman–Crippen LogP) is 4.36. The van der Waals surface area contributed by atoms with Crippen molar-refractivity contribution in [2.24, 2.45) is 5.41 Å². The third kappa shape index (κ3) is 3.51. The van der Waals surface area contributed by atoms with Gasteiger partial charge >= 0.3 is 5.97 Å². The zero-order valence-electron chi connectivity index (χ0n) is 10.6. The highest BCUT2D eigenvalue weighted by Crippen LogP contribution is 2.42. The van der Waals surface area contributed by atoms with E-state index >= 15 is 0 Å². The summed E-state index contributed by atoms with van der Waals surface area (Å²) in [6, 6.07) is 6.19. The molecule has 0 spiro atoms. The van der Waals surface area contributed by atoms with Gasteiger partial charge in [0.15, 0.2) is 0 Å². The molecule has 1 saturated carbocycles. The standard InChI is InChI=1S/C14H17BrO2S/c1-14(2,13(16)17)8-9-3-6-12(11(15)7-9)18-10-4-5-10/h3,6-7,10H,4-5,8H2,1-2H3,(H,16,17). The van der Waals surface area contributed by atoms with Gasteiger partial charge in [-0.05, 0) is 66.7 Å². The number of hydrogen-bond donors (Lipinski definition) is 1. The highest BCUT2D eigenvalue weighted by Gasteiger charge is 2.28. The van der Waals surface area contributed by atoms with E-state index in [1.54, 1.807) is 13.8 Å². The van der Waals surface area contributed by atoms with Crippen molar-refractivity contribution in [2.45, 2.75) is 43.3 Å². The second-order valence-electron chi connectivity index (χ2n) is 5.45. The molecule has 0 bridgehead atoms. The summed E-state index contributed by atoms with van der Waals surface area (Å²) in [7, 11) is 0. The fourth-order valence-corrected chi connectivity index (χ4v) is 3.46. The molecule has 2 rings (SSSR count).